The number of thiophene rings is 1. The molecule has 18 heavy (non-hydrogen) atoms. The molecule has 0 aliphatic heterocycles. The standard InChI is InChI=1S/C13H15NO3S/c15-12(6-5-11-2-1-7-18-11)14-10-4-3-9(8-10)13(16)17/h1-2,5-7,9-10H,3-4,8H2,(H,14,15)(H,16,17)/b6-5+/t9-,10+/m1/s1. The molecule has 0 spiro atoms. The number of hydrogen-bond acceptors (Lipinski definition) is 3. The highest BCUT2D eigenvalue weighted by Gasteiger charge is 2.30. The summed E-state index contributed by atoms with van der Waals surface area (Å²) in [7, 11) is 0. The second-order valence-electron chi connectivity index (χ2n) is 4.40. The third-order valence-corrected chi connectivity index (χ3v) is 3.91. The molecule has 1 aliphatic carbocycles. The van der Waals surface area contributed by atoms with Crippen LogP contribution >= 0.6 is 11.3 Å². The van der Waals surface area contributed by atoms with Gasteiger partial charge in [0.2, 0.25) is 5.91 Å². The molecule has 5 heteroatoms. The number of carboxylic acid groups (broad SMARTS) is 1. The predicted octanol–water partition coefficient (Wildman–Crippen LogP) is 2.13. The monoisotopic (exact) mass is 265 g/mol. The van der Waals surface area contributed by atoms with Crippen LogP contribution in [-0.2, 0) is 9.59 Å². The van der Waals surface area contributed by atoms with Crippen LogP contribution in [0.3, 0.4) is 0 Å². The second-order valence-corrected chi connectivity index (χ2v) is 5.38. The Bertz CT molecular complexity index is 453. The molecule has 0 unspecified atom stereocenters. The Labute approximate surface area is 109 Å². The first-order valence-corrected chi connectivity index (χ1v) is 6.78. The van der Waals surface area contributed by atoms with Crippen molar-refractivity contribution >= 4 is 29.3 Å². The number of hydrogen-bond donors (Lipinski definition) is 2. The number of nitrogens with one attached hydrogen (secondary N) is 1. The molecule has 0 saturated heterocycles. The quantitative estimate of drug-likeness (QED) is 0.820. The summed E-state index contributed by atoms with van der Waals surface area (Å²) in [4.78, 5) is 23.4. The van der Waals surface area contributed by atoms with E-state index in [9.17, 15) is 9.59 Å². The van der Waals surface area contributed by atoms with Gasteiger partial charge in [-0.15, -0.1) is 11.3 Å². The van der Waals surface area contributed by atoms with E-state index in [4.69, 9.17) is 5.11 Å². The van der Waals surface area contributed by atoms with Gasteiger partial charge in [0.1, 0.15) is 0 Å². The topological polar surface area (TPSA) is 66.4 Å². The van der Waals surface area contributed by atoms with Gasteiger partial charge in [-0.3, -0.25) is 9.59 Å². The second kappa shape index (κ2) is 5.82. The zero-order chi connectivity index (χ0) is 13.0. The minimum atomic E-state index is -0.763. The van der Waals surface area contributed by atoms with Gasteiger partial charge in [0, 0.05) is 17.0 Å². The molecule has 1 aliphatic rings. The Morgan fingerprint density at radius 1 is 1.44 bits per heavy atom. The summed E-state index contributed by atoms with van der Waals surface area (Å²) in [6.07, 6.45) is 5.20. The lowest BCUT2D eigenvalue weighted by Crippen LogP contribution is -2.31. The summed E-state index contributed by atoms with van der Waals surface area (Å²) < 4.78 is 0. The lowest BCUT2D eigenvalue weighted by Gasteiger charge is -2.10. The first-order valence-electron chi connectivity index (χ1n) is 5.90. The predicted molar refractivity (Wildman–Crippen MR) is 70.3 cm³/mol. The van der Waals surface area contributed by atoms with Crippen molar-refractivity contribution in [3.63, 3.8) is 0 Å². The first kappa shape index (κ1) is 12.8. The maximum Gasteiger partial charge on any atom is 0.306 e. The Morgan fingerprint density at radius 3 is 2.89 bits per heavy atom. The van der Waals surface area contributed by atoms with Crippen LogP contribution in [0.4, 0.5) is 0 Å². The summed E-state index contributed by atoms with van der Waals surface area (Å²) in [5.74, 6) is -1.23. The maximum absolute atomic E-state index is 11.6. The summed E-state index contributed by atoms with van der Waals surface area (Å²) in [5.41, 5.74) is 0. The molecule has 2 N–H and O–H groups in total. The number of carbonyl (C=O) groups excluding carboxylic acids is 1. The fraction of sp³-hybridized carbons (Fsp3) is 0.385. The highest BCUT2D eigenvalue weighted by atomic mass is 32.1. The Kier molecular flexibility index (Phi) is 4.15. The Morgan fingerprint density at radius 2 is 2.28 bits per heavy atom. The highest BCUT2D eigenvalue weighted by Crippen LogP contribution is 2.25. The summed E-state index contributed by atoms with van der Waals surface area (Å²) >= 11 is 1.57. The van der Waals surface area contributed by atoms with Crippen molar-refractivity contribution in [1.29, 1.82) is 0 Å². The van der Waals surface area contributed by atoms with E-state index < -0.39 is 5.97 Å². The smallest absolute Gasteiger partial charge is 0.306 e. The third-order valence-electron chi connectivity index (χ3n) is 3.07. The fourth-order valence-electron chi connectivity index (χ4n) is 2.13. The van der Waals surface area contributed by atoms with E-state index in [1.54, 1.807) is 17.4 Å². The van der Waals surface area contributed by atoms with Crippen molar-refractivity contribution in [3.05, 3.63) is 28.5 Å². The van der Waals surface area contributed by atoms with Crippen molar-refractivity contribution < 1.29 is 14.7 Å². The van der Waals surface area contributed by atoms with Gasteiger partial charge >= 0.3 is 5.97 Å². The van der Waals surface area contributed by atoms with Crippen LogP contribution in [0.2, 0.25) is 0 Å². The number of amides is 1. The zero-order valence-electron chi connectivity index (χ0n) is 9.83. The Hall–Kier alpha value is -1.62. The molecular formula is C13H15NO3S. The van der Waals surface area contributed by atoms with Crippen molar-refractivity contribution in [2.24, 2.45) is 5.92 Å². The van der Waals surface area contributed by atoms with Crippen molar-refractivity contribution in [1.82, 2.24) is 5.32 Å². The number of carbonyl (C=O) groups is 2. The summed E-state index contributed by atoms with van der Waals surface area (Å²) in [5, 5.41) is 13.7. The molecule has 1 aromatic heterocycles. The van der Waals surface area contributed by atoms with Crippen LogP contribution in [0, 0.1) is 5.92 Å². The van der Waals surface area contributed by atoms with E-state index in [0.29, 0.717) is 12.8 Å². The Balaban J connectivity index is 1.80. The summed E-state index contributed by atoms with van der Waals surface area (Å²) in [6, 6.07) is 3.85. The van der Waals surface area contributed by atoms with E-state index in [-0.39, 0.29) is 17.9 Å². The normalized spacial score (nSPS) is 23.3. The minimum absolute atomic E-state index is 0.00779. The van der Waals surface area contributed by atoms with Gasteiger partial charge in [0.15, 0.2) is 0 Å². The van der Waals surface area contributed by atoms with Crippen molar-refractivity contribution in [3.8, 4) is 0 Å². The molecule has 4 nitrogen and oxygen atoms in total. The van der Waals surface area contributed by atoms with E-state index in [0.717, 1.165) is 11.3 Å². The molecule has 1 amide bonds. The maximum atomic E-state index is 11.6. The van der Waals surface area contributed by atoms with Crippen LogP contribution in [-0.4, -0.2) is 23.0 Å². The van der Waals surface area contributed by atoms with Crippen LogP contribution in [0.1, 0.15) is 24.1 Å². The molecule has 1 aromatic rings. The molecule has 0 radical (unpaired) electrons. The molecule has 1 fully saturated rings. The van der Waals surface area contributed by atoms with Crippen LogP contribution in [0.25, 0.3) is 6.08 Å². The molecule has 1 heterocycles. The van der Waals surface area contributed by atoms with Gasteiger partial charge in [-0.25, -0.2) is 0 Å². The average Bonchev–Trinajstić information content (AvgIpc) is 2.96. The van der Waals surface area contributed by atoms with Crippen LogP contribution in [0.5, 0.6) is 0 Å². The average molecular weight is 265 g/mol. The minimum Gasteiger partial charge on any atom is -0.481 e. The van der Waals surface area contributed by atoms with Gasteiger partial charge in [-0.05, 0) is 36.8 Å². The van der Waals surface area contributed by atoms with Gasteiger partial charge < -0.3 is 10.4 Å². The molecule has 1 saturated carbocycles. The fourth-order valence-corrected chi connectivity index (χ4v) is 2.75. The van der Waals surface area contributed by atoms with Gasteiger partial charge in [0.05, 0.1) is 5.92 Å². The highest BCUT2D eigenvalue weighted by molar-refractivity contribution is 7.10. The zero-order valence-corrected chi connectivity index (χ0v) is 10.7. The first-order chi connectivity index (χ1) is 8.65. The molecular weight excluding hydrogens is 250 g/mol. The number of aliphatic carboxylic acids is 1. The molecule has 2 rings (SSSR count). The van der Waals surface area contributed by atoms with Gasteiger partial charge in [-0.2, -0.15) is 0 Å². The van der Waals surface area contributed by atoms with E-state index >= 15 is 0 Å². The largest absolute Gasteiger partial charge is 0.481 e. The van der Waals surface area contributed by atoms with Crippen molar-refractivity contribution in [2.45, 2.75) is 25.3 Å². The van der Waals surface area contributed by atoms with Crippen molar-refractivity contribution in [2.75, 3.05) is 0 Å². The molecule has 2 atom stereocenters. The van der Waals surface area contributed by atoms with Crippen LogP contribution < -0.4 is 5.32 Å². The number of rotatable bonds is 4. The van der Waals surface area contributed by atoms with E-state index in [1.165, 1.54) is 6.08 Å². The summed E-state index contributed by atoms with van der Waals surface area (Å²) in [6.45, 7) is 0. The SMILES string of the molecule is O=C(/C=C/c1cccs1)N[C@H]1CC[C@@H](C(=O)O)C1. The third kappa shape index (κ3) is 3.43. The number of carboxylic acids is 1. The van der Waals surface area contributed by atoms with E-state index in [1.807, 2.05) is 17.5 Å². The van der Waals surface area contributed by atoms with Gasteiger partial charge in [0.25, 0.3) is 0 Å². The molecule has 0 bridgehead atoms. The lowest BCUT2D eigenvalue weighted by molar-refractivity contribution is -0.141. The molecule has 0 aromatic carbocycles. The van der Waals surface area contributed by atoms with Gasteiger partial charge in [-0.1, -0.05) is 6.07 Å². The lowest BCUT2D eigenvalue weighted by atomic mass is 10.1. The molecule has 96 valence electrons. The van der Waals surface area contributed by atoms with E-state index in [2.05, 4.69) is 5.32 Å². The van der Waals surface area contributed by atoms with Crippen LogP contribution in [0.15, 0.2) is 23.6 Å².